The Morgan fingerprint density at radius 2 is 1.33 bits per heavy atom. The summed E-state index contributed by atoms with van der Waals surface area (Å²) in [5, 5.41) is 7.46. The molecule has 0 atom stereocenters. The molecule has 0 aromatic rings. The van der Waals surface area contributed by atoms with Gasteiger partial charge < -0.3 is 19.5 Å². The first kappa shape index (κ1) is 37.8. The van der Waals surface area contributed by atoms with Crippen LogP contribution >= 0.6 is 24.8 Å². The molecule has 2 rings (SSSR count). The number of hydrogen-bond donors (Lipinski definition) is 1. The third-order valence-corrected chi connectivity index (χ3v) is 1.17. The van der Waals surface area contributed by atoms with Gasteiger partial charge in [-0.25, -0.2) is 24.3 Å². The van der Waals surface area contributed by atoms with Gasteiger partial charge in [-0.3, -0.25) is 12.2 Å². The predicted octanol–water partition coefficient (Wildman–Crippen LogP) is 3.32. The molecule has 0 unspecified atom stereocenters. The summed E-state index contributed by atoms with van der Waals surface area (Å²) in [4.78, 5) is 0. The van der Waals surface area contributed by atoms with Crippen molar-refractivity contribution in [3.8, 4) is 0 Å². The Kier molecular flexibility index (Phi) is 89.6. The zero-order valence-corrected chi connectivity index (χ0v) is 20.0. The van der Waals surface area contributed by atoms with E-state index < -0.39 is 0 Å². The Labute approximate surface area is 164 Å². The van der Waals surface area contributed by atoms with E-state index in [2.05, 4.69) is 44.3 Å². The fourth-order valence-corrected chi connectivity index (χ4v) is 0.680. The van der Waals surface area contributed by atoms with Gasteiger partial charge >= 0.3 is 30.2 Å². The number of halogens is 2. The van der Waals surface area contributed by atoms with Gasteiger partial charge in [0.25, 0.3) is 0 Å². The number of rotatable bonds is 0. The van der Waals surface area contributed by atoms with Crippen LogP contribution in [-0.4, -0.2) is 28.1 Å². The Morgan fingerprint density at radius 1 is 1.10 bits per heavy atom. The quantitative estimate of drug-likeness (QED) is 0.450. The average Bonchev–Trinajstić information content (AvgIpc) is 3.12. The van der Waals surface area contributed by atoms with Crippen molar-refractivity contribution in [2.75, 3.05) is 6.61 Å². The number of aliphatic hydroxyl groups excluding tert-OH is 1. The van der Waals surface area contributed by atoms with E-state index in [9.17, 15) is 0 Å². The van der Waals surface area contributed by atoms with Crippen molar-refractivity contribution in [3.63, 3.8) is 0 Å². The minimum absolute atomic E-state index is 0. The van der Waals surface area contributed by atoms with Crippen molar-refractivity contribution in [3.05, 3.63) is 63.0 Å². The molecule has 0 bridgehead atoms. The van der Waals surface area contributed by atoms with Crippen LogP contribution in [0.15, 0.2) is 36.5 Å². The van der Waals surface area contributed by atoms with Crippen LogP contribution in [0.25, 0.3) is 0 Å². The maximum absolute atomic E-state index is 7.46. The van der Waals surface area contributed by atoms with Crippen molar-refractivity contribution in [1.82, 2.24) is 0 Å². The first-order valence-corrected chi connectivity index (χ1v) is 14.0. The molecule has 0 fully saturated rings. The Balaban J connectivity index is -0.0000000337. The normalized spacial score (nSPS) is 10.2. The standard InChI is InChI=1S/2C5H5.C2H5O.C2H7Si.CH3.2ClH.H2Si.Zr/c2*1-2-4-5-3-1;1-2-3;1-3-2;;;;;/h2*1-3H,4H2;3H,1-2H2;3H,1-2H3;1H3;2*1H;1H2;/q3*-1;;-1;;;;. The predicted molar refractivity (Wildman–Crippen MR) is 104 cm³/mol. The molecule has 0 aliphatic heterocycles. The molecule has 2 aliphatic rings. The van der Waals surface area contributed by atoms with Crippen LogP contribution in [0, 0.1) is 26.5 Å². The van der Waals surface area contributed by atoms with E-state index in [1.807, 2.05) is 31.2 Å². The molecule has 1 N–H and O–H groups in total. The summed E-state index contributed by atoms with van der Waals surface area (Å²) in [6.45, 7) is 9.41. The van der Waals surface area contributed by atoms with Gasteiger partial charge in [-0.15, -0.1) is 37.7 Å². The summed E-state index contributed by atoms with van der Waals surface area (Å²) in [7, 11) is 0.750. The van der Waals surface area contributed by atoms with E-state index in [1.54, 1.807) is 23.3 Å². The van der Waals surface area contributed by atoms with Crippen molar-refractivity contribution < 1.29 is 28.4 Å². The van der Waals surface area contributed by atoms with Gasteiger partial charge in [0.1, 0.15) is 0 Å². The van der Waals surface area contributed by atoms with Gasteiger partial charge in [-0.2, -0.15) is 12.2 Å². The van der Waals surface area contributed by atoms with E-state index in [4.69, 9.17) is 5.11 Å². The molecule has 0 amide bonds. The molecule has 2 aliphatic carbocycles. The van der Waals surface area contributed by atoms with Gasteiger partial charge in [0.15, 0.2) is 0 Å². The first-order valence-electron chi connectivity index (χ1n) is 5.76. The van der Waals surface area contributed by atoms with Gasteiger partial charge in [0, 0.05) is 9.52 Å². The van der Waals surface area contributed by atoms with Crippen molar-refractivity contribution in [1.29, 1.82) is 0 Å². The van der Waals surface area contributed by atoms with Crippen LogP contribution in [0.2, 0.25) is 13.1 Å². The van der Waals surface area contributed by atoms with Crippen molar-refractivity contribution in [2.45, 2.75) is 25.9 Å². The zero-order valence-electron chi connectivity index (χ0n) is 13.3. The molecule has 0 aromatic carbocycles. The number of hydrogen-bond acceptors (Lipinski definition) is 1. The van der Waals surface area contributed by atoms with Gasteiger partial charge in [-0.1, -0.05) is 19.7 Å². The second kappa shape index (κ2) is 49.8. The molecule has 125 valence electrons. The topological polar surface area (TPSA) is 20.2 Å². The molecule has 0 heterocycles. The Bertz CT molecular complexity index is 202. The van der Waals surface area contributed by atoms with E-state index in [0.29, 0.717) is 0 Å². The third kappa shape index (κ3) is 63.0. The van der Waals surface area contributed by atoms with Gasteiger partial charge in [-0.05, 0) is 0 Å². The van der Waals surface area contributed by atoms with Crippen LogP contribution in [0.4, 0.5) is 0 Å². The Morgan fingerprint density at radius 3 is 1.38 bits per heavy atom. The summed E-state index contributed by atoms with van der Waals surface area (Å²) in [6, 6.07) is 0. The Hall–Kier alpha value is 0.817. The molecule has 0 aromatic heterocycles. The molecule has 6 heteroatoms. The molecule has 1 nitrogen and oxygen atoms in total. The monoisotopic (exact) mass is 441 g/mol. The molecular formula is C15H29Cl2OSi2Zr-4. The zero-order chi connectivity index (χ0) is 14.5. The van der Waals surface area contributed by atoms with Crippen LogP contribution in [0.1, 0.15) is 12.8 Å². The second-order valence-electron chi connectivity index (χ2n) is 2.81. The number of aliphatic hydroxyl groups is 1. The molecule has 1 radical (unpaired) electrons. The number of allylic oxidation sites excluding steroid dienone is 8. The summed E-state index contributed by atoms with van der Waals surface area (Å²) < 4.78 is 0. The van der Waals surface area contributed by atoms with Crippen LogP contribution < -0.4 is 0 Å². The average molecular weight is 444 g/mol. The molecule has 0 saturated carbocycles. The van der Waals surface area contributed by atoms with Crippen LogP contribution in [-0.2, 0) is 23.3 Å². The molecule has 0 spiro atoms. The van der Waals surface area contributed by atoms with Crippen molar-refractivity contribution >= 4 is 41.2 Å². The van der Waals surface area contributed by atoms with Crippen LogP contribution in [0.5, 0.6) is 0 Å². The summed E-state index contributed by atoms with van der Waals surface area (Å²) in [6.07, 6.45) is 20.0. The van der Waals surface area contributed by atoms with Crippen LogP contribution in [0.3, 0.4) is 0 Å². The fourth-order valence-electron chi connectivity index (χ4n) is 0.680. The van der Waals surface area contributed by atoms with E-state index in [1.165, 1.54) is 0 Å². The molecule has 0 saturated heterocycles. The SMILES string of the molecule is C[SiH]C.Cl.Cl.[C-]1=CC=CC1.[C-]1=CC=CC1.[CH2-]CO.[CH3-].[SiH2]=[Zr]. The first-order chi connectivity index (χ1) is 8.83. The molecule has 21 heavy (non-hydrogen) atoms. The van der Waals surface area contributed by atoms with E-state index in [0.717, 1.165) is 22.4 Å². The summed E-state index contributed by atoms with van der Waals surface area (Å²) in [5.74, 6) is 0. The van der Waals surface area contributed by atoms with Gasteiger partial charge in [0.05, 0.1) is 0 Å². The van der Waals surface area contributed by atoms with Gasteiger partial charge in [0.2, 0.25) is 0 Å². The maximum atomic E-state index is 7.46. The summed E-state index contributed by atoms with van der Waals surface area (Å²) in [5.41, 5.74) is 0. The second-order valence-corrected chi connectivity index (χ2v) is 3.96. The van der Waals surface area contributed by atoms with Crippen molar-refractivity contribution in [2.24, 2.45) is 0 Å². The fraction of sp³-hybridized carbons (Fsp3) is 0.333. The van der Waals surface area contributed by atoms with E-state index in [-0.39, 0.29) is 38.8 Å². The minimum atomic E-state index is 0. The summed E-state index contributed by atoms with van der Waals surface area (Å²) >= 11 is 1.58. The third-order valence-electron chi connectivity index (χ3n) is 1.17. The molecular weight excluding hydrogens is 414 g/mol. The van der Waals surface area contributed by atoms with E-state index >= 15 is 0 Å².